The first-order valence-corrected chi connectivity index (χ1v) is 12.4. The first kappa shape index (κ1) is 22.1. The van der Waals surface area contributed by atoms with E-state index in [4.69, 9.17) is 4.74 Å². The molecule has 1 amide bonds. The molecule has 2 fully saturated rings. The summed E-state index contributed by atoms with van der Waals surface area (Å²) in [4.78, 5) is 17.8. The molecule has 1 aliphatic heterocycles. The number of hydrogen-bond acceptors (Lipinski definition) is 3. The molecular weight excluding hydrogens is 384 g/mol. The number of piperidine rings is 1. The monoisotopic (exact) mass is 422 g/mol. The van der Waals surface area contributed by atoms with Gasteiger partial charge in [0, 0.05) is 24.7 Å². The molecule has 0 spiro atoms. The van der Waals surface area contributed by atoms with Crippen LogP contribution in [0, 0.1) is 0 Å². The first-order valence-electron chi connectivity index (χ1n) is 12.4. The molecule has 0 radical (unpaired) electrons. The van der Waals surface area contributed by atoms with Crippen molar-refractivity contribution in [2.45, 2.75) is 70.8 Å². The Morgan fingerprint density at radius 3 is 2.45 bits per heavy atom. The second-order valence-corrected chi connectivity index (χ2v) is 9.21. The van der Waals surface area contributed by atoms with Crippen LogP contribution in [0.1, 0.15) is 75.1 Å². The zero-order chi connectivity index (χ0) is 21.5. The number of fused-ring (bicyclic) bond motifs is 1. The van der Waals surface area contributed by atoms with Gasteiger partial charge in [-0.1, -0.05) is 37.8 Å². The van der Waals surface area contributed by atoms with E-state index in [0.717, 1.165) is 61.0 Å². The van der Waals surface area contributed by atoms with Crippen molar-refractivity contribution in [3.8, 4) is 5.75 Å². The molecule has 0 bridgehead atoms. The fourth-order valence-electron chi connectivity index (χ4n) is 5.23. The van der Waals surface area contributed by atoms with Crippen LogP contribution in [0.4, 0.5) is 0 Å². The number of hydrogen-bond donors (Lipinski definition) is 0. The lowest BCUT2D eigenvalue weighted by Crippen LogP contribution is -2.41. The Hall–Kier alpha value is -2.07. The number of likely N-dealkylation sites (tertiary alicyclic amines) is 1. The van der Waals surface area contributed by atoms with E-state index in [1.54, 1.807) is 0 Å². The van der Waals surface area contributed by atoms with Gasteiger partial charge >= 0.3 is 0 Å². The van der Waals surface area contributed by atoms with E-state index in [1.807, 2.05) is 18.2 Å². The molecule has 0 aromatic heterocycles. The summed E-state index contributed by atoms with van der Waals surface area (Å²) < 4.78 is 6.02. The van der Waals surface area contributed by atoms with E-state index in [9.17, 15) is 4.79 Å². The third-order valence-corrected chi connectivity index (χ3v) is 7.01. The lowest BCUT2D eigenvalue weighted by molar-refractivity contribution is 0.0648. The zero-order valence-electron chi connectivity index (χ0n) is 19.2. The molecule has 31 heavy (non-hydrogen) atoms. The SMILES string of the molecule is CCN(C(=O)c1ccc2cc(OCCCN3CCCCC3)ccc2c1)C1CCCCC1. The predicted molar refractivity (Wildman–Crippen MR) is 128 cm³/mol. The maximum atomic E-state index is 13.2. The number of benzene rings is 2. The molecule has 2 aliphatic rings. The highest BCUT2D eigenvalue weighted by Gasteiger charge is 2.25. The molecule has 2 aromatic carbocycles. The molecule has 0 atom stereocenters. The second kappa shape index (κ2) is 11.0. The molecule has 1 aliphatic carbocycles. The van der Waals surface area contributed by atoms with Gasteiger partial charge in [0.25, 0.3) is 5.91 Å². The van der Waals surface area contributed by atoms with Crippen molar-refractivity contribution in [3.63, 3.8) is 0 Å². The van der Waals surface area contributed by atoms with E-state index in [1.165, 1.54) is 51.6 Å². The average molecular weight is 423 g/mol. The van der Waals surface area contributed by atoms with Crippen LogP contribution in [0.2, 0.25) is 0 Å². The lowest BCUT2D eigenvalue weighted by atomic mass is 9.93. The Kier molecular flexibility index (Phi) is 7.85. The van der Waals surface area contributed by atoms with Gasteiger partial charge in [0.1, 0.15) is 5.75 Å². The molecule has 1 saturated carbocycles. The molecule has 168 valence electrons. The van der Waals surface area contributed by atoms with Crippen LogP contribution in [0.3, 0.4) is 0 Å². The largest absolute Gasteiger partial charge is 0.494 e. The van der Waals surface area contributed by atoms with E-state index in [2.05, 4.69) is 34.9 Å². The summed E-state index contributed by atoms with van der Waals surface area (Å²) in [6, 6.07) is 12.7. The second-order valence-electron chi connectivity index (χ2n) is 9.21. The van der Waals surface area contributed by atoms with Crippen LogP contribution >= 0.6 is 0 Å². The summed E-state index contributed by atoms with van der Waals surface area (Å²) in [5.74, 6) is 1.09. The van der Waals surface area contributed by atoms with Gasteiger partial charge in [0.2, 0.25) is 0 Å². The summed E-state index contributed by atoms with van der Waals surface area (Å²) in [6.45, 7) is 7.26. The van der Waals surface area contributed by atoms with Crippen LogP contribution in [0.15, 0.2) is 36.4 Å². The highest BCUT2D eigenvalue weighted by atomic mass is 16.5. The van der Waals surface area contributed by atoms with Crippen LogP contribution < -0.4 is 4.74 Å². The molecule has 1 saturated heterocycles. The summed E-state index contributed by atoms with van der Waals surface area (Å²) in [7, 11) is 0. The van der Waals surface area contributed by atoms with Crippen molar-refractivity contribution >= 4 is 16.7 Å². The Labute approximate surface area is 187 Å². The Balaban J connectivity index is 1.35. The lowest BCUT2D eigenvalue weighted by Gasteiger charge is -2.33. The first-order chi connectivity index (χ1) is 15.2. The normalized spacial score (nSPS) is 18.2. The van der Waals surface area contributed by atoms with E-state index in [-0.39, 0.29) is 5.91 Å². The van der Waals surface area contributed by atoms with Crippen molar-refractivity contribution in [1.82, 2.24) is 9.80 Å². The summed E-state index contributed by atoms with van der Waals surface area (Å²) in [6.07, 6.45) is 11.2. The predicted octanol–water partition coefficient (Wildman–Crippen LogP) is 5.89. The summed E-state index contributed by atoms with van der Waals surface area (Å²) in [5.41, 5.74) is 0.801. The number of carbonyl (C=O) groups is 1. The third-order valence-electron chi connectivity index (χ3n) is 7.01. The number of carbonyl (C=O) groups excluding carboxylic acids is 1. The molecule has 4 heteroatoms. The van der Waals surface area contributed by atoms with Gasteiger partial charge in [-0.05, 0) is 87.2 Å². The molecule has 2 aromatic rings. The highest BCUT2D eigenvalue weighted by molar-refractivity contribution is 5.99. The van der Waals surface area contributed by atoms with Gasteiger partial charge in [-0.25, -0.2) is 0 Å². The van der Waals surface area contributed by atoms with Gasteiger partial charge in [-0.3, -0.25) is 4.79 Å². The van der Waals surface area contributed by atoms with Gasteiger partial charge in [0.05, 0.1) is 6.61 Å². The van der Waals surface area contributed by atoms with E-state index in [0.29, 0.717) is 6.04 Å². The maximum absolute atomic E-state index is 13.2. The third kappa shape index (κ3) is 5.79. The zero-order valence-corrected chi connectivity index (χ0v) is 19.2. The Bertz CT molecular complexity index is 853. The van der Waals surface area contributed by atoms with Crippen molar-refractivity contribution < 1.29 is 9.53 Å². The minimum absolute atomic E-state index is 0.175. The maximum Gasteiger partial charge on any atom is 0.254 e. The average Bonchev–Trinajstić information content (AvgIpc) is 2.83. The van der Waals surface area contributed by atoms with Gasteiger partial charge in [-0.2, -0.15) is 0 Å². The number of ether oxygens (including phenoxy) is 1. The number of amides is 1. The fourth-order valence-corrected chi connectivity index (χ4v) is 5.23. The summed E-state index contributed by atoms with van der Waals surface area (Å²) in [5, 5.41) is 2.23. The molecule has 4 rings (SSSR count). The van der Waals surface area contributed by atoms with Crippen molar-refractivity contribution in [3.05, 3.63) is 42.0 Å². The van der Waals surface area contributed by atoms with Crippen LogP contribution in [0.25, 0.3) is 10.8 Å². The van der Waals surface area contributed by atoms with Crippen LogP contribution in [0.5, 0.6) is 5.75 Å². The molecular formula is C27H38N2O2. The molecule has 0 unspecified atom stereocenters. The highest BCUT2D eigenvalue weighted by Crippen LogP contribution is 2.26. The van der Waals surface area contributed by atoms with Gasteiger partial charge in [0.15, 0.2) is 0 Å². The smallest absolute Gasteiger partial charge is 0.254 e. The molecule has 4 nitrogen and oxygen atoms in total. The minimum atomic E-state index is 0.175. The summed E-state index contributed by atoms with van der Waals surface area (Å²) >= 11 is 0. The van der Waals surface area contributed by atoms with Crippen molar-refractivity contribution in [2.24, 2.45) is 0 Å². The fraction of sp³-hybridized carbons (Fsp3) is 0.593. The van der Waals surface area contributed by atoms with E-state index < -0.39 is 0 Å². The van der Waals surface area contributed by atoms with Gasteiger partial charge < -0.3 is 14.5 Å². The van der Waals surface area contributed by atoms with Crippen molar-refractivity contribution in [2.75, 3.05) is 32.8 Å². The topological polar surface area (TPSA) is 32.8 Å². The Morgan fingerprint density at radius 2 is 1.68 bits per heavy atom. The van der Waals surface area contributed by atoms with Crippen molar-refractivity contribution in [1.29, 1.82) is 0 Å². The molecule has 1 heterocycles. The van der Waals surface area contributed by atoms with E-state index >= 15 is 0 Å². The number of rotatable bonds is 8. The van der Waals surface area contributed by atoms with Gasteiger partial charge in [-0.15, -0.1) is 0 Å². The minimum Gasteiger partial charge on any atom is -0.494 e. The molecule has 0 N–H and O–H groups in total. The van der Waals surface area contributed by atoms with Crippen LogP contribution in [-0.2, 0) is 0 Å². The Morgan fingerprint density at radius 1 is 0.968 bits per heavy atom. The number of nitrogens with zero attached hydrogens (tertiary/aromatic N) is 2. The van der Waals surface area contributed by atoms with Crippen LogP contribution in [-0.4, -0.2) is 54.5 Å². The standard InChI is InChI=1S/C27H38N2O2/c1-2-29(25-10-5-3-6-11-25)27(30)24-13-12-23-21-26(15-14-22(23)20-24)31-19-9-18-28-16-7-4-8-17-28/h12-15,20-21,25H,2-11,16-19H2,1H3. The quantitative estimate of drug-likeness (QED) is 0.497.